The lowest BCUT2D eigenvalue weighted by molar-refractivity contribution is -0.110. The molecule has 160 valence electrons. The number of aliphatic hydroxyl groups is 1. The maximum absolute atomic E-state index is 11.0. The lowest BCUT2D eigenvalue weighted by atomic mass is 9.39. The lowest BCUT2D eigenvalue weighted by Gasteiger charge is -2.65. The van der Waals surface area contributed by atoms with Crippen LogP contribution in [0.3, 0.4) is 0 Å². The molecule has 4 aliphatic carbocycles. The van der Waals surface area contributed by atoms with Gasteiger partial charge in [0, 0.05) is 11.0 Å². The van der Waals surface area contributed by atoms with Crippen molar-refractivity contribution in [3.63, 3.8) is 0 Å². The Bertz CT molecular complexity index is 1170. The fourth-order valence-corrected chi connectivity index (χ4v) is 8.46. The van der Waals surface area contributed by atoms with Crippen molar-refractivity contribution in [2.75, 3.05) is 0 Å². The highest BCUT2D eigenvalue weighted by Crippen LogP contribution is 2.70. The van der Waals surface area contributed by atoms with E-state index >= 15 is 0 Å². The van der Waals surface area contributed by atoms with Gasteiger partial charge in [0.05, 0.1) is 6.61 Å². The molecule has 7 rings (SSSR count). The molecule has 2 heteroatoms. The van der Waals surface area contributed by atoms with Gasteiger partial charge in [-0.1, -0.05) is 44.2 Å². The van der Waals surface area contributed by atoms with Gasteiger partial charge < -0.3 is 10.2 Å². The fourth-order valence-electron chi connectivity index (χ4n) is 8.46. The molecule has 2 nitrogen and oxygen atoms in total. The smallest absolute Gasteiger partial charge is 0.119 e. The van der Waals surface area contributed by atoms with Gasteiger partial charge in [-0.3, -0.25) is 0 Å². The first kappa shape index (κ1) is 19.4. The maximum atomic E-state index is 11.0. The van der Waals surface area contributed by atoms with Crippen LogP contribution in [-0.4, -0.2) is 10.2 Å². The van der Waals surface area contributed by atoms with E-state index in [1.54, 1.807) is 0 Å². The minimum absolute atomic E-state index is 0.0694. The molecule has 2 N–H and O–H groups in total. The third kappa shape index (κ3) is 3.03. The van der Waals surface area contributed by atoms with Crippen LogP contribution in [0.1, 0.15) is 63.5 Å². The van der Waals surface area contributed by atoms with Crippen LogP contribution in [0.15, 0.2) is 54.6 Å². The predicted molar refractivity (Wildman–Crippen MR) is 126 cm³/mol. The molecule has 31 heavy (non-hydrogen) atoms. The Morgan fingerprint density at radius 3 is 2.13 bits per heavy atom. The minimum atomic E-state index is 0.0694. The van der Waals surface area contributed by atoms with E-state index in [1.807, 2.05) is 12.1 Å². The molecule has 0 aliphatic heterocycles. The third-order valence-corrected chi connectivity index (χ3v) is 8.61. The molecule has 2 atom stereocenters. The highest BCUT2D eigenvalue weighted by Gasteiger charge is 2.61. The Kier molecular flexibility index (Phi) is 3.97. The summed E-state index contributed by atoms with van der Waals surface area (Å²) in [5.41, 5.74) is 5.46. The van der Waals surface area contributed by atoms with Gasteiger partial charge in [0.15, 0.2) is 0 Å². The summed E-state index contributed by atoms with van der Waals surface area (Å²) in [7, 11) is 0. The Balaban J connectivity index is 1.44. The minimum Gasteiger partial charge on any atom is -0.508 e. The van der Waals surface area contributed by atoms with Crippen LogP contribution in [0.5, 0.6) is 5.75 Å². The van der Waals surface area contributed by atoms with Crippen LogP contribution < -0.4 is 0 Å². The van der Waals surface area contributed by atoms with Gasteiger partial charge in [-0.05, 0) is 107 Å². The Morgan fingerprint density at radius 2 is 1.42 bits per heavy atom. The molecule has 0 spiro atoms. The third-order valence-electron chi connectivity index (χ3n) is 8.61. The maximum Gasteiger partial charge on any atom is 0.119 e. The number of aliphatic hydroxyl groups excluding tert-OH is 1. The van der Waals surface area contributed by atoms with Gasteiger partial charge in [-0.2, -0.15) is 0 Å². The second-order valence-corrected chi connectivity index (χ2v) is 11.7. The van der Waals surface area contributed by atoms with Crippen LogP contribution in [-0.2, 0) is 12.0 Å². The van der Waals surface area contributed by atoms with E-state index < -0.39 is 0 Å². The first-order chi connectivity index (χ1) is 14.8. The largest absolute Gasteiger partial charge is 0.508 e. The first-order valence-electron chi connectivity index (χ1n) is 11.8. The molecule has 0 aromatic heterocycles. The molecule has 4 saturated carbocycles. The van der Waals surface area contributed by atoms with Gasteiger partial charge in [-0.25, -0.2) is 0 Å². The number of rotatable bonds is 3. The summed E-state index contributed by atoms with van der Waals surface area (Å²) in [5.74, 6) is 1.28. The zero-order chi connectivity index (χ0) is 21.4. The number of fused-ring (bicyclic) bond motifs is 1. The molecular formula is C29H32O2. The van der Waals surface area contributed by atoms with Crippen molar-refractivity contribution in [2.45, 2.75) is 64.4 Å². The lowest BCUT2D eigenvalue weighted by Crippen LogP contribution is -2.56. The van der Waals surface area contributed by atoms with Gasteiger partial charge in [0.2, 0.25) is 0 Å². The highest BCUT2D eigenvalue weighted by molar-refractivity contribution is 5.88. The van der Waals surface area contributed by atoms with Crippen molar-refractivity contribution in [3.05, 3.63) is 65.7 Å². The van der Waals surface area contributed by atoms with E-state index in [9.17, 15) is 10.2 Å². The van der Waals surface area contributed by atoms with Crippen molar-refractivity contribution in [1.29, 1.82) is 0 Å². The number of aromatic hydroxyl groups is 1. The summed E-state index contributed by atoms with van der Waals surface area (Å²) in [5, 5.41) is 22.8. The van der Waals surface area contributed by atoms with E-state index in [1.165, 1.54) is 60.6 Å². The highest BCUT2D eigenvalue weighted by atomic mass is 16.3. The number of hydrogen-bond acceptors (Lipinski definition) is 2. The second-order valence-electron chi connectivity index (χ2n) is 11.7. The number of benzene rings is 3. The Morgan fingerprint density at radius 1 is 0.774 bits per heavy atom. The summed E-state index contributed by atoms with van der Waals surface area (Å²) >= 11 is 0. The topological polar surface area (TPSA) is 40.5 Å². The molecule has 0 radical (unpaired) electrons. The van der Waals surface area contributed by atoms with Crippen LogP contribution >= 0.6 is 0 Å². The molecule has 4 aliphatic rings. The van der Waals surface area contributed by atoms with Crippen LogP contribution in [0.2, 0.25) is 0 Å². The quantitative estimate of drug-likeness (QED) is 0.488. The Hall–Kier alpha value is -2.32. The molecule has 3 aromatic carbocycles. The number of phenolic OH excluding ortho intramolecular Hbond substituents is 1. The monoisotopic (exact) mass is 412 g/mol. The van der Waals surface area contributed by atoms with Crippen LogP contribution in [0.25, 0.3) is 21.9 Å². The summed E-state index contributed by atoms with van der Waals surface area (Å²) in [6, 6.07) is 19.0. The summed E-state index contributed by atoms with van der Waals surface area (Å²) in [6.07, 6.45) is 7.74. The van der Waals surface area contributed by atoms with Crippen LogP contribution in [0, 0.1) is 16.7 Å². The molecule has 0 heterocycles. The molecule has 0 saturated heterocycles. The second kappa shape index (κ2) is 6.36. The van der Waals surface area contributed by atoms with Crippen molar-refractivity contribution < 1.29 is 10.2 Å². The fraction of sp³-hybridized carbons (Fsp3) is 0.448. The van der Waals surface area contributed by atoms with Gasteiger partial charge in [0.1, 0.15) is 5.75 Å². The summed E-state index contributed by atoms with van der Waals surface area (Å²) < 4.78 is 0. The van der Waals surface area contributed by atoms with Gasteiger partial charge in [0.25, 0.3) is 0 Å². The molecule has 0 amide bonds. The normalized spacial score (nSPS) is 33.8. The summed E-state index contributed by atoms with van der Waals surface area (Å²) in [6.45, 7) is 5.06. The van der Waals surface area contributed by atoms with Crippen molar-refractivity contribution in [3.8, 4) is 16.9 Å². The average molecular weight is 413 g/mol. The van der Waals surface area contributed by atoms with E-state index in [0.717, 1.165) is 16.9 Å². The van der Waals surface area contributed by atoms with Crippen molar-refractivity contribution in [1.82, 2.24) is 0 Å². The zero-order valence-electron chi connectivity index (χ0n) is 18.6. The molecule has 4 bridgehead atoms. The molecule has 4 fully saturated rings. The SMILES string of the molecule is CC12CC3CC(C)(C1)CC(c1cc(-c4ccc5cc(CO)ccc5c4)ccc1O)(C3)C2. The molecular weight excluding hydrogens is 380 g/mol. The molecule has 2 unspecified atom stereocenters. The average Bonchev–Trinajstić information content (AvgIpc) is 2.70. The van der Waals surface area contributed by atoms with Gasteiger partial charge in [-0.15, -0.1) is 0 Å². The standard InChI is InChI=1S/C29H32O2/c1-27-12-20-13-28(2,16-27)18-29(14-20,17-27)25-11-24(7-8-26(25)31)23-6-5-21-9-19(15-30)3-4-22(21)10-23/h3-11,20,30-31H,12-18H2,1-2H3. The van der Waals surface area contributed by atoms with E-state index in [4.69, 9.17) is 0 Å². The van der Waals surface area contributed by atoms with Crippen LogP contribution in [0.4, 0.5) is 0 Å². The van der Waals surface area contributed by atoms with Crippen molar-refractivity contribution in [2.24, 2.45) is 16.7 Å². The van der Waals surface area contributed by atoms with E-state index in [2.05, 4.69) is 56.3 Å². The number of hydrogen-bond donors (Lipinski definition) is 2. The first-order valence-corrected chi connectivity index (χ1v) is 11.8. The molecule has 3 aromatic rings. The summed E-state index contributed by atoms with van der Waals surface area (Å²) in [4.78, 5) is 0. The van der Waals surface area contributed by atoms with Gasteiger partial charge >= 0.3 is 0 Å². The predicted octanol–water partition coefficient (Wildman–Crippen LogP) is 6.95. The number of phenols is 1. The van der Waals surface area contributed by atoms with E-state index in [-0.39, 0.29) is 12.0 Å². The van der Waals surface area contributed by atoms with E-state index in [0.29, 0.717) is 16.6 Å². The van der Waals surface area contributed by atoms with Crippen molar-refractivity contribution >= 4 is 10.8 Å². The zero-order valence-corrected chi connectivity index (χ0v) is 18.6. The Labute approximate surface area is 184 Å².